The highest BCUT2D eigenvalue weighted by molar-refractivity contribution is 5.75. The van der Waals surface area contributed by atoms with Crippen molar-refractivity contribution in [2.24, 2.45) is 0 Å². The molecule has 1 aliphatic heterocycles. The zero-order valence-corrected chi connectivity index (χ0v) is 9.27. The third kappa shape index (κ3) is 3.18. The SMILES string of the molecule is COC(=O)C(C)N1CCN(CC#N)CC1. The number of piperazine rings is 1. The number of esters is 1. The van der Waals surface area contributed by atoms with Gasteiger partial charge < -0.3 is 4.74 Å². The lowest BCUT2D eigenvalue weighted by atomic mass is 10.2. The first-order valence-electron chi connectivity index (χ1n) is 5.10. The Balaban J connectivity index is 2.37. The molecule has 1 unspecified atom stereocenters. The monoisotopic (exact) mass is 211 g/mol. The van der Waals surface area contributed by atoms with Crippen LogP contribution in [0.1, 0.15) is 6.92 Å². The Morgan fingerprint density at radius 2 is 2.07 bits per heavy atom. The fourth-order valence-electron chi connectivity index (χ4n) is 1.73. The third-order valence-corrected chi connectivity index (χ3v) is 2.79. The Morgan fingerprint density at radius 1 is 1.47 bits per heavy atom. The zero-order valence-electron chi connectivity index (χ0n) is 9.27. The van der Waals surface area contributed by atoms with E-state index in [0.717, 1.165) is 26.2 Å². The van der Waals surface area contributed by atoms with Gasteiger partial charge >= 0.3 is 5.97 Å². The molecule has 0 aromatic carbocycles. The lowest BCUT2D eigenvalue weighted by Crippen LogP contribution is -2.51. The molecule has 1 rings (SSSR count). The molecule has 0 amide bonds. The molecule has 0 N–H and O–H groups in total. The molecular formula is C10H17N3O2. The standard InChI is InChI=1S/C10H17N3O2/c1-9(10(14)15-2)13-7-5-12(4-3-11)6-8-13/h9H,4-8H2,1-2H3. The predicted molar refractivity (Wildman–Crippen MR) is 55.1 cm³/mol. The van der Waals surface area contributed by atoms with Gasteiger partial charge in [-0.3, -0.25) is 14.6 Å². The van der Waals surface area contributed by atoms with Crippen LogP contribution < -0.4 is 0 Å². The average Bonchev–Trinajstić information content (AvgIpc) is 2.28. The van der Waals surface area contributed by atoms with Crippen molar-refractivity contribution in [1.82, 2.24) is 9.80 Å². The van der Waals surface area contributed by atoms with E-state index in [0.29, 0.717) is 6.54 Å². The Labute approximate surface area is 90.2 Å². The van der Waals surface area contributed by atoms with E-state index in [2.05, 4.69) is 15.9 Å². The summed E-state index contributed by atoms with van der Waals surface area (Å²) in [5.74, 6) is -0.191. The molecule has 0 saturated carbocycles. The van der Waals surface area contributed by atoms with Crippen LogP contribution in [0.4, 0.5) is 0 Å². The van der Waals surface area contributed by atoms with Crippen molar-refractivity contribution in [3.05, 3.63) is 0 Å². The second kappa shape index (κ2) is 5.69. The molecule has 5 heteroatoms. The van der Waals surface area contributed by atoms with Crippen LogP contribution in [0.15, 0.2) is 0 Å². The molecule has 0 aromatic heterocycles. The molecule has 15 heavy (non-hydrogen) atoms. The second-order valence-corrected chi connectivity index (χ2v) is 3.67. The van der Waals surface area contributed by atoms with Crippen LogP contribution >= 0.6 is 0 Å². The highest BCUT2D eigenvalue weighted by Crippen LogP contribution is 2.06. The van der Waals surface area contributed by atoms with Crippen molar-refractivity contribution in [2.75, 3.05) is 39.8 Å². The van der Waals surface area contributed by atoms with Gasteiger partial charge in [0.25, 0.3) is 0 Å². The summed E-state index contributed by atoms with van der Waals surface area (Å²) in [6.45, 7) is 5.64. The van der Waals surface area contributed by atoms with Gasteiger partial charge in [0.15, 0.2) is 0 Å². The molecular weight excluding hydrogens is 194 g/mol. The maximum absolute atomic E-state index is 11.3. The van der Waals surface area contributed by atoms with E-state index in [-0.39, 0.29) is 12.0 Å². The molecule has 0 radical (unpaired) electrons. The van der Waals surface area contributed by atoms with Crippen molar-refractivity contribution in [3.63, 3.8) is 0 Å². The van der Waals surface area contributed by atoms with Crippen LogP contribution in [-0.2, 0) is 9.53 Å². The zero-order chi connectivity index (χ0) is 11.3. The van der Waals surface area contributed by atoms with Crippen molar-refractivity contribution >= 4 is 5.97 Å². The van der Waals surface area contributed by atoms with E-state index in [4.69, 9.17) is 10.00 Å². The van der Waals surface area contributed by atoms with E-state index in [1.807, 2.05) is 6.92 Å². The molecule has 5 nitrogen and oxygen atoms in total. The van der Waals surface area contributed by atoms with Crippen molar-refractivity contribution in [2.45, 2.75) is 13.0 Å². The number of carbonyl (C=O) groups excluding carboxylic acids is 1. The minimum absolute atomic E-state index is 0.181. The van der Waals surface area contributed by atoms with Gasteiger partial charge in [-0.2, -0.15) is 5.26 Å². The van der Waals surface area contributed by atoms with Crippen LogP contribution in [0.5, 0.6) is 0 Å². The number of hydrogen-bond acceptors (Lipinski definition) is 5. The topological polar surface area (TPSA) is 56.6 Å². The molecule has 0 bridgehead atoms. The van der Waals surface area contributed by atoms with Crippen molar-refractivity contribution < 1.29 is 9.53 Å². The maximum atomic E-state index is 11.3. The van der Waals surface area contributed by atoms with Gasteiger partial charge in [-0.25, -0.2) is 0 Å². The molecule has 1 saturated heterocycles. The number of rotatable bonds is 3. The van der Waals surface area contributed by atoms with Crippen LogP contribution in [0.25, 0.3) is 0 Å². The van der Waals surface area contributed by atoms with Gasteiger partial charge in [-0.05, 0) is 6.92 Å². The van der Waals surface area contributed by atoms with Gasteiger partial charge in [0.05, 0.1) is 19.7 Å². The summed E-state index contributed by atoms with van der Waals surface area (Å²) in [6.07, 6.45) is 0. The van der Waals surface area contributed by atoms with Crippen molar-refractivity contribution in [3.8, 4) is 6.07 Å². The number of nitriles is 1. The van der Waals surface area contributed by atoms with Crippen LogP contribution in [0, 0.1) is 11.3 Å². The fraction of sp³-hybridized carbons (Fsp3) is 0.800. The fourth-order valence-corrected chi connectivity index (χ4v) is 1.73. The summed E-state index contributed by atoms with van der Waals surface area (Å²) in [5, 5.41) is 8.54. The average molecular weight is 211 g/mol. The normalized spacial score (nSPS) is 20.6. The van der Waals surface area contributed by atoms with E-state index >= 15 is 0 Å². The summed E-state index contributed by atoms with van der Waals surface area (Å²) < 4.78 is 4.69. The van der Waals surface area contributed by atoms with E-state index in [1.54, 1.807) is 0 Å². The first kappa shape index (κ1) is 12.0. The van der Waals surface area contributed by atoms with E-state index < -0.39 is 0 Å². The molecule has 1 atom stereocenters. The lowest BCUT2D eigenvalue weighted by Gasteiger charge is -2.35. The van der Waals surface area contributed by atoms with Crippen LogP contribution in [0.3, 0.4) is 0 Å². The highest BCUT2D eigenvalue weighted by Gasteiger charge is 2.25. The highest BCUT2D eigenvalue weighted by atomic mass is 16.5. The predicted octanol–water partition coefficient (Wildman–Crippen LogP) is -0.311. The quantitative estimate of drug-likeness (QED) is 0.473. The molecule has 1 heterocycles. The van der Waals surface area contributed by atoms with E-state index in [1.165, 1.54) is 7.11 Å². The summed E-state index contributed by atoms with van der Waals surface area (Å²) in [6, 6.07) is 1.95. The number of carbonyl (C=O) groups is 1. The summed E-state index contributed by atoms with van der Waals surface area (Å²) in [4.78, 5) is 15.5. The minimum Gasteiger partial charge on any atom is -0.468 e. The number of methoxy groups -OCH3 is 1. The van der Waals surface area contributed by atoms with Crippen LogP contribution in [-0.4, -0.2) is 61.6 Å². The molecule has 0 spiro atoms. The third-order valence-electron chi connectivity index (χ3n) is 2.79. The van der Waals surface area contributed by atoms with Gasteiger partial charge in [-0.1, -0.05) is 0 Å². The van der Waals surface area contributed by atoms with Crippen molar-refractivity contribution in [1.29, 1.82) is 5.26 Å². The Morgan fingerprint density at radius 3 is 2.53 bits per heavy atom. The van der Waals surface area contributed by atoms with Gasteiger partial charge in [0, 0.05) is 26.2 Å². The van der Waals surface area contributed by atoms with Crippen LogP contribution in [0.2, 0.25) is 0 Å². The Hall–Kier alpha value is -1.12. The second-order valence-electron chi connectivity index (χ2n) is 3.67. The minimum atomic E-state index is -0.191. The lowest BCUT2D eigenvalue weighted by molar-refractivity contribution is -0.147. The smallest absolute Gasteiger partial charge is 0.322 e. The molecule has 0 aromatic rings. The Kier molecular flexibility index (Phi) is 4.53. The first-order valence-corrected chi connectivity index (χ1v) is 5.10. The Bertz CT molecular complexity index is 254. The number of ether oxygens (including phenoxy) is 1. The number of hydrogen-bond donors (Lipinski definition) is 0. The summed E-state index contributed by atoms with van der Waals surface area (Å²) in [5.41, 5.74) is 0. The molecule has 0 aliphatic carbocycles. The largest absolute Gasteiger partial charge is 0.468 e. The number of nitrogens with zero attached hydrogens (tertiary/aromatic N) is 3. The van der Waals surface area contributed by atoms with Gasteiger partial charge in [-0.15, -0.1) is 0 Å². The van der Waals surface area contributed by atoms with Gasteiger partial charge in [0.2, 0.25) is 0 Å². The molecule has 84 valence electrons. The van der Waals surface area contributed by atoms with Gasteiger partial charge in [0.1, 0.15) is 6.04 Å². The summed E-state index contributed by atoms with van der Waals surface area (Å²) in [7, 11) is 1.41. The first-order chi connectivity index (χ1) is 7.19. The molecule has 1 aliphatic rings. The van der Waals surface area contributed by atoms with E-state index in [9.17, 15) is 4.79 Å². The molecule has 1 fully saturated rings. The maximum Gasteiger partial charge on any atom is 0.322 e. The summed E-state index contributed by atoms with van der Waals surface area (Å²) >= 11 is 0.